The van der Waals surface area contributed by atoms with E-state index in [4.69, 9.17) is 16.3 Å². The van der Waals surface area contributed by atoms with E-state index in [1.54, 1.807) is 26.0 Å². The molecule has 0 bridgehead atoms. The average molecular weight is 323 g/mol. The first-order valence-corrected chi connectivity index (χ1v) is 7.09. The highest BCUT2D eigenvalue weighted by molar-refractivity contribution is 6.33. The van der Waals surface area contributed by atoms with Crippen LogP contribution in [0.25, 0.3) is 11.4 Å². The summed E-state index contributed by atoms with van der Waals surface area (Å²) >= 11 is 6.20. The maximum absolute atomic E-state index is 11.6. The number of nitrogens with zero attached hydrogens (tertiary/aromatic N) is 3. The first-order chi connectivity index (χ1) is 10.4. The highest BCUT2D eigenvalue weighted by Gasteiger charge is 2.44. The van der Waals surface area contributed by atoms with Gasteiger partial charge < -0.3 is 9.84 Å². The number of ether oxygens (including phenoxy) is 1. The van der Waals surface area contributed by atoms with Crippen LogP contribution in [0, 0.1) is 0 Å². The second-order valence-corrected chi connectivity index (χ2v) is 5.91. The Bertz CT molecular complexity index is 702. The molecule has 3 rings (SSSR count). The summed E-state index contributed by atoms with van der Waals surface area (Å²) in [5, 5.41) is 16.6. The van der Waals surface area contributed by atoms with E-state index in [-0.39, 0.29) is 6.61 Å². The first kappa shape index (κ1) is 14.8. The Morgan fingerprint density at radius 2 is 2.32 bits per heavy atom. The maximum Gasteiger partial charge on any atom is 0.410 e. The van der Waals surface area contributed by atoms with Gasteiger partial charge in [0.15, 0.2) is 5.82 Å². The number of benzene rings is 1. The summed E-state index contributed by atoms with van der Waals surface area (Å²) in [4.78, 5) is 17.0. The van der Waals surface area contributed by atoms with Gasteiger partial charge >= 0.3 is 6.09 Å². The summed E-state index contributed by atoms with van der Waals surface area (Å²) in [5.41, 5.74) is 0.596. The maximum atomic E-state index is 11.6. The monoisotopic (exact) mass is 322 g/mol. The van der Waals surface area contributed by atoms with Crippen molar-refractivity contribution in [2.75, 3.05) is 6.61 Å². The second-order valence-electron chi connectivity index (χ2n) is 5.50. The third-order valence-corrected chi connectivity index (χ3v) is 4.07. The van der Waals surface area contributed by atoms with Gasteiger partial charge in [-0.2, -0.15) is 5.10 Å². The molecule has 0 radical (unpaired) electrons. The Morgan fingerprint density at radius 3 is 2.95 bits per heavy atom. The number of rotatable bonds is 2. The van der Waals surface area contributed by atoms with Crippen LogP contribution in [0.4, 0.5) is 4.79 Å². The van der Waals surface area contributed by atoms with E-state index in [2.05, 4.69) is 15.2 Å². The Morgan fingerprint density at radius 1 is 1.55 bits per heavy atom. The molecule has 0 aliphatic carbocycles. The molecule has 1 aliphatic heterocycles. The number of carboxylic acid groups (broad SMARTS) is 1. The van der Waals surface area contributed by atoms with Crippen LogP contribution in [0.2, 0.25) is 5.02 Å². The molecule has 1 fully saturated rings. The lowest BCUT2D eigenvalue weighted by molar-refractivity contribution is -0.0420. The molecule has 1 aromatic carbocycles. The van der Waals surface area contributed by atoms with E-state index in [1.165, 1.54) is 11.2 Å². The number of halogens is 1. The van der Waals surface area contributed by atoms with E-state index in [0.717, 1.165) is 5.56 Å². The predicted molar refractivity (Wildman–Crippen MR) is 79.5 cm³/mol. The van der Waals surface area contributed by atoms with Crippen LogP contribution < -0.4 is 0 Å². The van der Waals surface area contributed by atoms with Crippen LogP contribution in [0.1, 0.15) is 25.5 Å². The lowest BCUT2D eigenvalue weighted by Crippen LogP contribution is -2.44. The molecule has 1 aliphatic rings. The van der Waals surface area contributed by atoms with Crippen molar-refractivity contribution in [2.24, 2.45) is 0 Å². The minimum absolute atomic E-state index is 0.288. The van der Waals surface area contributed by atoms with Gasteiger partial charge in [0.25, 0.3) is 0 Å². The molecule has 7 nitrogen and oxygen atoms in total. The molecule has 8 heteroatoms. The number of H-pyrrole nitrogens is 1. The molecule has 22 heavy (non-hydrogen) atoms. The molecule has 116 valence electrons. The zero-order valence-electron chi connectivity index (χ0n) is 12.1. The third kappa shape index (κ3) is 2.42. The second kappa shape index (κ2) is 5.26. The Kier molecular flexibility index (Phi) is 3.54. The fraction of sp³-hybridized carbons (Fsp3) is 0.357. The van der Waals surface area contributed by atoms with E-state index >= 15 is 0 Å². The Balaban J connectivity index is 2.02. The largest absolute Gasteiger partial charge is 0.465 e. The minimum Gasteiger partial charge on any atom is -0.465 e. The molecular formula is C14H15ClN4O3. The number of hydrogen-bond donors (Lipinski definition) is 2. The van der Waals surface area contributed by atoms with Gasteiger partial charge in [0.1, 0.15) is 12.1 Å². The molecule has 2 aromatic rings. The molecule has 1 atom stereocenters. The number of aromatic amines is 1. The van der Waals surface area contributed by atoms with Gasteiger partial charge in [-0.3, -0.25) is 10.00 Å². The molecule has 1 aromatic heterocycles. The van der Waals surface area contributed by atoms with Crippen LogP contribution in [-0.2, 0) is 4.74 Å². The fourth-order valence-electron chi connectivity index (χ4n) is 2.68. The van der Waals surface area contributed by atoms with Crippen LogP contribution in [0.15, 0.2) is 24.5 Å². The van der Waals surface area contributed by atoms with Crippen molar-refractivity contribution in [1.82, 2.24) is 20.1 Å². The fourth-order valence-corrected chi connectivity index (χ4v) is 2.89. The summed E-state index contributed by atoms with van der Waals surface area (Å²) in [5.74, 6) is 0.534. The van der Waals surface area contributed by atoms with E-state index in [1.807, 2.05) is 6.07 Å². The van der Waals surface area contributed by atoms with Gasteiger partial charge in [-0.1, -0.05) is 17.7 Å². The molecule has 1 unspecified atom stereocenters. The van der Waals surface area contributed by atoms with Crippen molar-refractivity contribution in [3.8, 4) is 11.4 Å². The zero-order valence-corrected chi connectivity index (χ0v) is 12.8. The van der Waals surface area contributed by atoms with Crippen molar-refractivity contribution >= 4 is 17.7 Å². The van der Waals surface area contributed by atoms with Crippen LogP contribution in [0.5, 0.6) is 0 Å². The van der Waals surface area contributed by atoms with Gasteiger partial charge in [0, 0.05) is 5.56 Å². The molecule has 2 heterocycles. The lowest BCUT2D eigenvalue weighted by atomic mass is 10.0. The van der Waals surface area contributed by atoms with Gasteiger partial charge in [-0.15, -0.1) is 0 Å². The van der Waals surface area contributed by atoms with Gasteiger partial charge in [-0.05, 0) is 31.5 Å². The van der Waals surface area contributed by atoms with Gasteiger partial charge in [0.2, 0.25) is 0 Å². The standard InChI is InChI=1S/C14H15ClN4O3/c1-14(2)19(13(20)21)11(6-22-14)8-3-4-10(15)9(5-8)12-16-7-17-18-12/h3-5,7,11H,6H2,1-2H3,(H,20,21)(H,16,17,18). The zero-order chi connectivity index (χ0) is 15.9. The van der Waals surface area contributed by atoms with Crippen molar-refractivity contribution in [3.63, 3.8) is 0 Å². The summed E-state index contributed by atoms with van der Waals surface area (Å²) < 4.78 is 5.62. The summed E-state index contributed by atoms with van der Waals surface area (Å²) in [7, 11) is 0. The minimum atomic E-state index is -1.02. The summed E-state index contributed by atoms with van der Waals surface area (Å²) in [6.45, 7) is 3.75. The molecule has 1 saturated heterocycles. The van der Waals surface area contributed by atoms with E-state index in [9.17, 15) is 9.90 Å². The number of amides is 1. The van der Waals surface area contributed by atoms with Crippen molar-refractivity contribution in [1.29, 1.82) is 0 Å². The highest BCUT2D eigenvalue weighted by Crippen LogP contribution is 2.38. The van der Waals surface area contributed by atoms with Crippen molar-refractivity contribution in [2.45, 2.75) is 25.6 Å². The normalized spacial score (nSPS) is 20.3. The highest BCUT2D eigenvalue weighted by atomic mass is 35.5. The Labute approximate surface area is 131 Å². The summed E-state index contributed by atoms with van der Waals surface area (Å²) in [6.07, 6.45) is 0.368. The topological polar surface area (TPSA) is 91.3 Å². The number of nitrogens with one attached hydrogen (secondary N) is 1. The first-order valence-electron chi connectivity index (χ1n) is 6.71. The average Bonchev–Trinajstić information content (AvgIpc) is 3.06. The van der Waals surface area contributed by atoms with Crippen molar-refractivity contribution in [3.05, 3.63) is 35.1 Å². The van der Waals surface area contributed by atoms with Gasteiger partial charge in [-0.25, -0.2) is 9.78 Å². The number of aromatic nitrogens is 3. The SMILES string of the molecule is CC1(C)OCC(c2ccc(Cl)c(-c3ncn[nH]3)c2)N1C(=O)O. The number of carbonyl (C=O) groups is 1. The molecule has 0 spiro atoms. The number of hydrogen-bond acceptors (Lipinski definition) is 4. The van der Waals surface area contributed by atoms with E-state index in [0.29, 0.717) is 16.4 Å². The molecule has 0 saturated carbocycles. The van der Waals surface area contributed by atoms with Crippen LogP contribution in [0.3, 0.4) is 0 Å². The van der Waals surface area contributed by atoms with Crippen LogP contribution in [-0.4, -0.2) is 43.6 Å². The smallest absolute Gasteiger partial charge is 0.410 e. The lowest BCUT2D eigenvalue weighted by Gasteiger charge is -2.31. The van der Waals surface area contributed by atoms with Crippen molar-refractivity contribution < 1.29 is 14.6 Å². The van der Waals surface area contributed by atoms with Crippen LogP contribution >= 0.6 is 11.6 Å². The Hall–Kier alpha value is -2.12. The quantitative estimate of drug-likeness (QED) is 0.887. The molecule has 1 amide bonds. The summed E-state index contributed by atoms with van der Waals surface area (Å²) in [6, 6.07) is 4.94. The van der Waals surface area contributed by atoms with Gasteiger partial charge in [0.05, 0.1) is 17.7 Å². The van der Waals surface area contributed by atoms with E-state index < -0.39 is 17.9 Å². The molecule has 2 N–H and O–H groups in total. The third-order valence-electron chi connectivity index (χ3n) is 3.74. The molecular weight excluding hydrogens is 308 g/mol. The predicted octanol–water partition coefficient (Wildman–Crippen LogP) is 2.91.